The minimum Gasteiger partial charge on any atom is -0.497 e. The fraction of sp³-hybridized carbons (Fsp3) is 0.241. The number of pyridine rings is 1. The maximum atomic E-state index is 5.93. The van der Waals surface area contributed by atoms with Gasteiger partial charge in [-0.05, 0) is 81.0 Å². The van der Waals surface area contributed by atoms with Crippen molar-refractivity contribution in [3.63, 3.8) is 0 Å². The number of hydrogen-bond donors (Lipinski definition) is 1. The molecule has 5 rings (SSSR count). The summed E-state index contributed by atoms with van der Waals surface area (Å²) in [5.41, 5.74) is 7.67. The lowest BCUT2D eigenvalue weighted by Crippen LogP contribution is -2.30. The topological polar surface area (TPSA) is 51.5 Å². The smallest absolute Gasteiger partial charge is 0.174 e. The van der Waals surface area contributed by atoms with Crippen LogP contribution in [-0.4, -0.2) is 28.9 Å². The molecule has 7 heteroatoms. The first-order chi connectivity index (χ1) is 17.4. The number of aromatic nitrogens is 2. The number of methoxy groups -OCH3 is 2. The maximum absolute atomic E-state index is 5.93. The average Bonchev–Trinajstić information content (AvgIpc) is 3.39. The predicted molar refractivity (Wildman–Crippen MR) is 147 cm³/mol. The van der Waals surface area contributed by atoms with E-state index in [0.717, 1.165) is 34.2 Å². The average molecular weight is 499 g/mol. The van der Waals surface area contributed by atoms with E-state index in [1.54, 1.807) is 14.2 Å². The zero-order chi connectivity index (χ0) is 25.4. The van der Waals surface area contributed by atoms with Gasteiger partial charge < -0.3 is 24.3 Å². The van der Waals surface area contributed by atoms with Gasteiger partial charge in [-0.3, -0.25) is 4.98 Å². The standard InChI is InChI=1S/C29H30N4O2S/c1-18-9-11-21(12-10-18)32-19(2)16-23(20(32)3)28-27(24-8-6-7-15-30-24)31-29(36)33(28)25-14-13-22(34-4)17-26(25)35-5/h6-17,27-28H,1-5H3,(H,31,36)/t27-,28+/m0/s1. The Morgan fingerprint density at radius 1 is 0.917 bits per heavy atom. The van der Waals surface area contributed by atoms with Crippen LogP contribution in [0, 0.1) is 20.8 Å². The molecule has 6 nitrogen and oxygen atoms in total. The molecule has 3 heterocycles. The normalized spacial score (nSPS) is 17.2. The summed E-state index contributed by atoms with van der Waals surface area (Å²) < 4.78 is 13.5. The number of aryl methyl sites for hydroxylation is 2. The largest absolute Gasteiger partial charge is 0.497 e. The third kappa shape index (κ3) is 4.09. The molecule has 0 radical (unpaired) electrons. The van der Waals surface area contributed by atoms with Gasteiger partial charge in [0, 0.05) is 29.3 Å². The predicted octanol–water partition coefficient (Wildman–Crippen LogP) is 5.99. The van der Waals surface area contributed by atoms with E-state index < -0.39 is 0 Å². The molecule has 0 unspecified atom stereocenters. The molecule has 1 aliphatic heterocycles. The van der Waals surface area contributed by atoms with Crippen LogP contribution in [0.15, 0.2) is 72.9 Å². The van der Waals surface area contributed by atoms with E-state index >= 15 is 0 Å². The lowest BCUT2D eigenvalue weighted by molar-refractivity contribution is 0.394. The summed E-state index contributed by atoms with van der Waals surface area (Å²) >= 11 is 5.93. The Labute approximate surface area is 217 Å². The number of benzene rings is 2. The zero-order valence-corrected chi connectivity index (χ0v) is 22.0. The van der Waals surface area contributed by atoms with Gasteiger partial charge in [0.1, 0.15) is 11.5 Å². The van der Waals surface area contributed by atoms with E-state index in [-0.39, 0.29) is 12.1 Å². The Kier molecular flexibility index (Phi) is 6.41. The summed E-state index contributed by atoms with van der Waals surface area (Å²) in [5.74, 6) is 1.42. The summed E-state index contributed by atoms with van der Waals surface area (Å²) in [6.07, 6.45) is 1.82. The Bertz CT molecular complexity index is 1400. The monoisotopic (exact) mass is 498 g/mol. The van der Waals surface area contributed by atoms with Crippen LogP contribution in [0.1, 0.15) is 40.3 Å². The minimum atomic E-state index is -0.141. The highest BCUT2D eigenvalue weighted by molar-refractivity contribution is 7.80. The number of hydrogen-bond acceptors (Lipinski definition) is 4. The van der Waals surface area contributed by atoms with Crippen LogP contribution >= 0.6 is 12.2 Å². The highest BCUT2D eigenvalue weighted by Gasteiger charge is 2.43. The van der Waals surface area contributed by atoms with Crippen LogP contribution in [0.5, 0.6) is 11.5 Å². The van der Waals surface area contributed by atoms with Crippen molar-refractivity contribution in [2.75, 3.05) is 19.1 Å². The van der Waals surface area contributed by atoms with Crippen molar-refractivity contribution >= 4 is 23.0 Å². The van der Waals surface area contributed by atoms with Crippen molar-refractivity contribution in [2.24, 2.45) is 0 Å². The van der Waals surface area contributed by atoms with E-state index in [1.807, 2.05) is 42.6 Å². The second-order valence-corrected chi connectivity index (χ2v) is 9.42. The van der Waals surface area contributed by atoms with Crippen molar-refractivity contribution in [1.29, 1.82) is 0 Å². The summed E-state index contributed by atoms with van der Waals surface area (Å²) in [5, 5.41) is 4.17. The van der Waals surface area contributed by atoms with Crippen LogP contribution in [0.3, 0.4) is 0 Å². The maximum Gasteiger partial charge on any atom is 0.174 e. The lowest BCUT2D eigenvalue weighted by atomic mass is 9.96. The molecule has 0 bridgehead atoms. The first-order valence-electron chi connectivity index (χ1n) is 11.9. The molecular formula is C29H30N4O2S. The first kappa shape index (κ1) is 23.9. The molecule has 0 saturated carbocycles. The van der Waals surface area contributed by atoms with Gasteiger partial charge in [0.2, 0.25) is 0 Å². The SMILES string of the molecule is COc1ccc(N2C(=S)N[C@@H](c3ccccn3)[C@H]2c2cc(C)n(-c3ccc(C)cc3)c2C)c(OC)c1. The second kappa shape index (κ2) is 9.66. The summed E-state index contributed by atoms with van der Waals surface area (Å²) in [7, 11) is 3.32. The Hall–Kier alpha value is -3.84. The van der Waals surface area contributed by atoms with E-state index in [4.69, 9.17) is 21.7 Å². The van der Waals surface area contributed by atoms with Crippen molar-refractivity contribution in [1.82, 2.24) is 14.9 Å². The molecule has 1 fully saturated rings. The molecule has 2 aromatic heterocycles. The van der Waals surface area contributed by atoms with Crippen molar-refractivity contribution in [2.45, 2.75) is 32.9 Å². The lowest BCUT2D eigenvalue weighted by Gasteiger charge is -2.29. The van der Waals surface area contributed by atoms with E-state index in [0.29, 0.717) is 10.9 Å². The Balaban J connectivity index is 1.69. The fourth-order valence-electron chi connectivity index (χ4n) is 5.09. The molecule has 184 valence electrons. The summed E-state index contributed by atoms with van der Waals surface area (Å²) in [4.78, 5) is 6.84. The molecule has 1 aliphatic rings. The molecule has 2 atom stereocenters. The molecule has 1 saturated heterocycles. The molecule has 1 N–H and O–H groups in total. The number of rotatable bonds is 6. The van der Waals surface area contributed by atoms with Gasteiger partial charge in [-0.2, -0.15) is 0 Å². The second-order valence-electron chi connectivity index (χ2n) is 9.03. The number of ether oxygens (including phenoxy) is 2. The molecule has 0 aliphatic carbocycles. The molecule has 4 aromatic rings. The van der Waals surface area contributed by atoms with Gasteiger partial charge in [-0.1, -0.05) is 23.8 Å². The molecule has 0 spiro atoms. The van der Waals surface area contributed by atoms with Gasteiger partial charge in [0.05, 0.1) is 37.7 Å². The van der Waals surface area contributed by atoms with Gasteiger partial charge in [-0.15, -0.1) is 0 Å². The van der Waals surface area contributed by atoms with Crippen molar-refractivity contribution in [3.8, 4) is 17.2 Å². The molecule has 0 amide bonds. The Morgan fingerprint density at radius 2 is 1.69 bits per heavy atom. The van der Waals surface area contributed by atoms with E-state index in [1.165, 1.54) is 11.1 Å². The Morgan fingerprint density at radius 3 is 2.36 bits per heavy atom. The number of nitrogens with one attached hydrogen (secondary N) is 1. The highest BCUT2D eigenvalue weighted by Crippen LogP contribution is 2.46. The molecule has 36 heavy (non-hydrogen) atoms. The number of thiocarbonyl (C=S) groups is 1. The van der Waals surface area contributed by atoms with Crippen LogP contribution < -0.4 is 19.7 Å². The first-order valence-corrected chi connectivity index (χ1v) is 12.3. The highest BCUT2D eigenvalue weighted by atomic mass is 32.1. The van der Waals surface area contributed by atoms with Crippen LogP contribution in [-0.2, 0) is 0 Å². The van der Waals surface area contributed by atoms with Gasteiger partial charge >= 0.3 is 0 Å². The van der Waals surface area contributed by atoms with Crippen molar-refractivity contribution < 1.29 is 9.47 Å². The van der Waals surface area contributed by atoms with E-state index in [9.17, 15) is 0 Å². The quantitative estimate of drug-likeness (QED) is 0.330. The summed E-state index contributed by atoms with van der Waals surface area (Å²) in [6.45, 7) is 6.42. The van der Waals surface area contributed by atoms with Crippen LogP contribution in [0.2, 0.25) is 0 Å². The number of anilines is 1. The van der Waals surface area contributed by atoms with Gasteiger partial charge in [0.25, 0.3) is 0 Å². The minimum absolute atomic E-state index is 0.139. The third-order valence-corrected chi connectivity index (χ3v) is 7.14. The van der Waals surface area contributed by atoms with Gasteiger partial charge in [-0.25, -0.2) is 0 Å². The molecule has 2 aromatic carbocycles. The van der Waals surface area contributed by atoms with Crippen molar-refractivity contribution in [3.05, 3.63) is 101 Å². The van der Waals surface area contributed by atoms with Crippen LogP contribution in [0.25, 0.3) is 5.69 Å². The van der Waals surface area contributed by atoms with Gasteiger partial charge in [0.15, 0.2) is 5.11 Å². The summed E-state index contributed by atoms with van der Waals surface area (Å²) in [6, 6.07) is 22.4. The number of nitrogens with zero attached hydrogens (tertiary/aromatic N) is 3. The third-order valence-electron chi connectivity index (χ3n) is 6.83. The van der Waals surface area contributed by atoms with Crippen LogP contribution in [0.4, 0.5) is 5.69 Å². The molecular weight excluding hydrogens is 468 g/mol. The fourth-order valence-corrected chi connectivity index (χ4v) is 5.43. The van der Waals surface area contributed by atoms with E-state index in [2.05, 4.69) is 70.9 Å². The zero-order valence-electron chi connectivity index (χ0n) is 21.1.